The zero-order valence-electron chi connectivity index (χ0n) is 16.6. The summed E-state index contributed by atoms with van der Waals surface area (Å²) in [5.41, 5.74) is 0.931. The Labute approximate surface area is 176 Å². The van der Waals surface area contributed by atoms with Crippen LogP contribution in [0.3, 0.4) is 0 Å². The number of piperazine rings is 1. The normalized spacial score (nSPS) is 19.5. The fourth-order valence-electron chi connectivity index (χ4n) is 4.00. The Hall–Kier alpha value is -3.36. The van der Waals surface area contributed by atoms with Gasteiger partial charge in [-0.15, -0.1) is 0 Å². The fourth-order valence-corrected chi connectivity index (χ4v) is 4.00. The molecule has 0 N–H and O–H groups in total. The lowest BCUT2D eigenvalue weighted by molar-refractivity contribution is -0.146. The number of carbonyl (C=O) groups is 3. The van der Waals surface area contributed by atoms with E-state index in [0.717, 1.165) is 22.6 Å². The second-order valence-corrected chi connectivity index (χ2v) is 7.78. The van der Waals surface area contributed by atoms with Gasteiger partial charge in [0.05, 0.1) is 0 Å². The number of amides is 3. The van der Waals surface area contributed by atoms with Gasteiger partial charge in [-0.2, -0.15) is 0 Å². The molecule has 0 radical (unpaired) electrons. The van der Waals surface area contributed by atoms with E-state index in [1.54, 1.807) is 17.0 Å². The largest absolute Gasteiger partial charge is 0.338 e. The lowest BCUT2D eigenvalue weighted by atomic mass is 10.1. The Morgan fingerprint density at radius 2 is 1.58 bits per heavy atom. The maximum Gasteiger partial charge on any atom is 0.316 e. The Bertz CT molecular complexity index is 1030. The predicted octanol–water partition coefficient (Wildman–Crippen LogP) is 2.33. The highest BCUT2D eigenvalue weighted by Crippen LogP contribution is 2.24. The molecule has 2 aromatic rings. The summed E-state index contributed by atoms with van der Waals surface area (Å²) in [5.74, 6) is -4.21. The van der Waals surface area contributed by atoms with Crippen molar-refractivity contribution < 1.29 is 27.6 Å². The van der Waals surface area contributed by atoms with E-state index in [9.17, 15) is 27.6 Å². The van der Waals surface area contributed by atoms with Gasteiger partial charge >= 0.3 is 11.8 Å². The molecule has 0 aliphatic carbocycles. The first-order valence-electron chi connectivity index (χ1n) is 9.90. The second-order valence-electron chi connectivity index (χ2n) is 7.78. The van der Waals surface area contributed by atoms with Gasteiger partial charge in [-0.25, -0.2) is 13.2 Å². The quantitative estimate of drug-likeness (QED) is 0.683. The van der Waals surface area contributed by atoms with Crippen LogP contribution < -0.4 is 4.90 Å². The molecule has 0 bridgehead atoms. The molecule has 1 unspecified atom stereocenters. The van der Waals surface area contributed by atoms with Crippen LogP contribution in [0.5, 0.6) is 0 Å². The van der Waals surface area contributed by atoms with Crippen molar-refractivity contribution in [3.63, 3.8) is 0 Å². The van der Waals surface area contributed by atoms with Crippen LogP contribution in [-0.2, 0) is 20.9 Å². The van der Waals surface area contributed by atoms with Gasteiger partial charge < -0.3 is 14.7 Å². The third-order valence-electron chi connectivity index (χ3n) is 5.58. The van der Waals surface area contributed by atoms with Crippen molar-refractivity contribution in [3.8, 4) is 0 Å². The first kappa shape index (κ1) is 20.9. The first-order valence-corrected chi connectivity index (χ1v) is 9.90. The zero-order valence-corrected chi connectivity index (χ0v) is 16.6. The summed E-state index contributed by atoms with van der Waals surface area (Å²) < 4.78 is 39.7. The summed E-state index contributed by atoms with van der Waals surface area (Å²) in [4.78, 5) is 41.6. The van der Waals surface area contributed by atoms with Crippen LogP contribution in [0.2, 0.25) is 0 Å². The van der Waals surface area contributed by atoms with Crippen LogP contribution in [0, 0.1) is 23.4 Å². The topological polar surface area (TPSA) is 60.9 Å². The standard InChI is InChI=1S/C22H20F3N3O3/c23-16-3-1-14(2-4-16)11-27-13-15(9-20(27)29)12-26-7-8-28(22(31)21(26)30)17-5-6-18(24)19(25)10-17/h1-6,10,15H,7-9,11-13H2. The van der Waals surface area contributed by atoms with Crippen LogP contribution >= 0.6 is 0 Å². The average molecular weight is 431 g/mol. The van der Waals surface area contributed by atoms with Crippen molar-refractivity contribution in [2.75, 3.05) is 31.1 Å². The number of benzene rings is 2. The van der Waals surface area contributed by atoms with Crippen LogP contribution in [0.4, 0.5) is 18.9 Å². The molecule has 1 atom stereocenters. The fraction of sp³-hybridized carbons (Fsp3) is 0.318. The third-order valence-corrected chi connectivity index (χ3v) is 5.58. The number of likely N-dealkylation sites (tertiary alicyclic amines) is 1. The maximum atomic E-state index is 13.5. The smallest absolute Gasteiger partial charge is 0.316 e. The van der Waals surface area contributed by atoms with Crippen molar-refractivity contribution in [1.82, 2.24) is 9.80 Å². The van der Waals surface area contributed by atoms with Crippen molar-refractivity contribution in [2.45, 2.75) is 13.0 Å². The SMILES string of the molecule is O=C1CC(CN2CCN(c3ccc(F)c(F)c3)C(=O)C2=O)CN1Cc1ccc(F)cc1. The van der Waals surface area contributed by atoms with Crippen LogP contribution in [0.1, 0.15) is 12.0 Å². The Morgan fingerprint density at radius 3 is 2.29 bits per heavy atom. The molecule has 4 rings (SSSR count). The highest BCUT2D eigenvalue weighted by Gasteiger charge is 2.37. The number of hydrogen-bond donors (Lipinski definition) is 0. The number of carbonyl (C=O) groups excluding carboxylic acids is 3. The maximum absolute atomic E-state index is 13.5. The van der Waals surface area contributed by atoms with Gasteiger partial charge in [0.2, 0.25) is 5.91 Å². The molecular formula is C22H20F3N3O3. The molecule has 3 amide bonds. The number of nitrogens with zero attached hydrogens (tertiary/aromatic N) is 3. The summed E-state index contributed by atoms with van der Waals surface area (Å²) in [6, 6.07) is 8.97. The van der Waals surface area contributed by atoms with Gasteiger partial charge in [0.15, 0.2) is 11.6 Å². The predicted molar refractivity (Wildman–Crippen MR) is 105 cm³/mol. The number of hydrogen-bond acceptors (Lipinski definition) is 3. The van der Waals surface area contributed by atoms with Crippen LogP contribution in [0.15, 0.2) is 42.5 Å². The second kappa shape index (κ2) is 8.41. The molecular weight excluding hydrogens is 411 g/mol. The van der Waals surface area contributed by atoms with Gasteiger partial charge in [-0.3, -0.25) is 14.4 Å². The molecule has 0 aromatic heterocycles. The summed E-state index contributed by atoms with van der Waals surface area (Å²) in [5, 5.41) is 0. The molecule has 2 aromatic carbocycles. The van der Waals surface area contributed by atoms with Crippen LogP contribution in [0.25, 0.3) is 0 Å². The summed E-state index contributed by atoms with van der Waals surface area (Å²) in [6.07, 6.45) is 0.256. The van der Waals surface area contributed by atoms with E-state index in [1.165, 1.54) is 23.1 Å². The molecule has 6 nitrogen and oxygen atoms in total. The summed E-state index contributed by atoms with van der Waals surface area (Å²) in [7, 11) is 0. The lowest BCUT2D eigenvalue weighted by Gasteiger charge is -2.35. The molecule has 0 spiro atoms. The van der Waals surface area contributed by atoms with Crippen molar-refractivity contribution in [2.24, 2.45) is 5.92 Å². The van der Waals surface area contributed by atoms with E-state index in [2.05, 4.69) is 0 Å². The molecule has 2 saturated heterocycles. The zero-order chi connectivity index (χ0) is 22.1. The summed E-state index contributed by atoms with van der Waals surface area (Å²) >= 11 is 0. The molecule has 9 heteroatoms. The van der Waals surface area contributed by atoms with E-state index < -0.39 is 23.4 Å². The Kier molecular flexibility index (Phi) is 5.67. The minimum absolute atomic E-state index is 0.0616. The van der Waals surface area contributed by atoms with Gasteiger partial charge in [0, 0.05) is 56.8 Å². The number of halogens is 3. The molecule has 2 fully saturated rings. The Morgan fingerprint density at radius 1 is 0.839 bits per heavy atom. The monoisotopic (exact) mass is 431 g/mol. The van der Waals surface area contributed by atoms with E-state index in [-0.39, 0.29) is 49.4 Å². The van der Waals surface area contributed by atoms with Crippen molar-refractivity contribution >= 4 is 23.4 Å². The average Bonchev–Trinajstić information content (AvgIpc) is 3.08. The molecule has 31 heavy (non-hydrogen) atoms. The van der Waals surface area contributed by atoms with Gasteiger partial charge in [0.1, 0.15) is 5.82 Å². The van der Waals surface area contributed by atoms with E-state index in [0.29, 0.717) is 13.1 Å². The number of anilines is 1. The van der Waals surface area contributed by atoms with Gasteiger partial charge in [-0.05, 0) is 29.8 Å². The van der Waals surface area contributed by atoms with E-state index in [4.69, 9.17) is 0 Å². The van der Waals surface area contributed by atoms with Gasteiger partial charge in [0.25, 0.3) is 0 Å². The van der Waals surface area contributed by atoms with Crippen molar-refractivity contribution in [3.05, 3.63) is 65.5 Å². The highest BCUT2D eigenvalue weighted by molar-refractivity contribution is 6.41. The minimum atomic E-state index is -1.09. The van der Waals surface area contributed by atoms with E-state index >= 15 is 0 Å². The van der Waals surface area contributed by atoms with E-state index in [1.807, 2.05) is 0 Å². The molecule has 2 aliphatic heterocycles. The Balaban J connectivity index is 1.36. The summed E-state index contributed by atoms with van der Waals surface area (Å²) in [6.45, 7) is 1.41. The third kappa shape index (κ3) is 4.40. The molecule has 162 valence electrons. The van der Waals surface area contributed by atoms with Gasteiger partial charge in [-0.1, -0.05) is 12.1 Å². The van der Waals surface area contributed by atoms with Crippen LogP contribution in [-0.4, -0.2) is 53.7 Å². The molecule has 2 heterocycles. The van der Waals surface area contributed by atoms with Crippen molar-refractivity contribution in [1.29, 1.82) is 0 Å². The minimum Gasteiger partial charge on any atom is -0.338 e. The first-order chi connectivity index (χ1) is 14.8. The molecule has 0 saturated carbocycles. The molecule has 2 aliphatic rings. The number of rotatable bonds is 5. The lowest BCUT2D eigenvalue weighted by Crippen LogP contribution is -2.55. The highest BCUT2D eigenvalue weighted by atomic mass is 19.2.